The summed E-state index contributed by atoms with van der Waals surface area (Å²) < 4.78 is 5.61. The van der Waals surface area contributed by atoms with Crippen LogP contribution in [0.4, 0.5) is 0 Å². The van der Waals surface area contributed by atoms with Gasteiger partial charge < -0.3 is 10.5 Å². The molecule has 2 N–H and O–H groups in total. The number of aryl methyl sites for hydroxylation is 1. The number of hydrogen-bond acceptors (Lipinski definition) is 3. The van der Waals surface area contributed by atoms with Crippen LogP contribution in [-0.2, 0) is 11.3 Å². The molecule has 1 aromatic carbocycles. The van der Waals surface area contributed by atoms with E-state index in [-0.39, 0.29) is 0 Å². The minimum Gasteiger partial charge on any atom is -0.381 e. The Morgan fingerprint density at radius 1 is 1.42 bits per heavy atom. The number of benzene rings is 1. The van der Waals surface area contributed by atoms with Gasteiger partial charge in [-0.1, -0.05) is 24.3 Å². The minimum atomic E-state index is 0.417. The number of nitrogens with zero attached hydrogens (tertiary/aromatic N) is 1. The van der Waals surface area contributed by atoms with Crippen molar-refractivity contribution < 1.29 is 4.74 Å². The molecule has 2 rings (SSSR count). The standard InChI is InChI=1S/C16H26N2O/c1-13-6-3-4-7-14(13)11-18(2)16(10-17)15-8-5-9-19-12-15/h3-4,6-7,15-16H,5,8-12,17H2,1-2H3. The smallest absolute Gasteiger partial charge is 0.0509 e. The van der Waals surface area contributed by atoms with Gasteiger partial charge in [0.25, 0.3) is 0 Å². The van der Waals surface area contributed by atoms with Crippen molar-refractivity contribution in [3.63, 3.8) is 0 Å². The lowest BCUT2D eigenvalue weighted by Gasteiger charge is -2.36. The highest BCUT2D eigenvalue weighted by Gasteiger charge is 2.26. The van der Waals surface area contributed by atoms with Gasteiger partial charge in [0.2, 0.25) is 0 Å². The van der Waals surface area contributed by atoms with Crippen molar-refractivity contribution in [3.8, 4) is 0 Å². The van der Waals surface area contributed by atoms with Gasteiger partial charge in [0.15, 0.2) is 0 Å². The minimum absolute atomic E-state index is 0.417. The first-order chi connectivity index (χ1) is 9.22. The number of rotatable bonds is 5. The Morgan fingerprint density at radius 2 is 2.21 bits per heavy atom. The first-order valence-electron chi connectivity index (χ1n) is 7.25. The summed E-state index contributed by atoms with van der Waals surface area (Å²) in [5.74, 6) is 0.577. The molecular weight excluding hydrogens is 236 g/mol. The molecular formula is C16H26N2O. The summed E-state index contributed by atoms with van der Waals surface area (Å²) in [7, 11) is 2.18. The van der Waals surface area contributed by atoms with Crippen molar-refractivity contribution in [1.29, 1.82) is 0 Å². The van der Waals surface area contributed by atoms with Crippen LogP contribution >= 0.6 is 0 Å². The highest BCUT2D eigenvalue weighted by atomic mass is 16.5. The van der Waals surface area contributed by atoms with Gasteiger partial charge in [-0.3, -0.25) is 4.90 Å². The number of hydrogen-bond donors (Lipinski definition) is 1. The Hall–Kier alpha value is -0.900. The Morgan fingerprint density at radius 3 is 2.84 bits per heavy atom. The molecule has 19 heavy (non-hydrogen) atoms. The zero-order chi connectivity index (χ0) is 13.7. The normalized spacial score (nSPS) is 21.6. The van der Waals surface area contributed by atoms with Gasteiger partial charge in [0, 0.05) is 25.7 Å². The van der Waals surface area contributed by atoms with Crippen molar-refractivity contribution in [3.05, 3.63) is 35.4 Å². The second kappa shape index (κ2) is 7.04. The molecule has 0 aliphatic carbocycles. The number of likely N-dealkylation sites (N-methyl/N-ethyl adjacent to an activating group) is 1. The van der Waals surface area contributed by atoms with E-state index in [1.165, 1.54) is 24.0 Å². The maximum atomic E-state index is 6.00. The molecule has 1 saturated heterocycles. The van der Waals surface area contributed by atoms with Gasteiger partial charge >= 0.3 is 0 Å². The average Bonchev–Trinajstić information content (AvgIpc) is 2.43. The van der Waals surface area contributed by atoms with E-state index in [0.717, 1.165) is 19.8 Å². The van der Waals surface area contributed by atoms with Crippen molar-refractivity contribution >= 4 is 0 Å². The van der Waals surface area contributed by atoms with Gasteiger partial charge in [-0.25, -0.2) is 0 Å². The summed E-state index contributed by atoms with van der Waals surface area (Å²) in [5, 5.41) is 0. The topological polar surface area (TPSA) is 38.5 Å². The fourth-order valence-corrected chi connectivity index (χ4v) is 2.97. The monoisotopic (exact) mass is 262 g/mol. The summed E-state index contributed by atoms with van der Waals surface area (Å²) >= 11 is 0. The maximum absolute atomic E-state index is 6.00. The van der Waals surface area contributed by atoms with Crippen molar-refractivity contribution in [2.24, 2.45) is 11.7 Å². The Kier molecular flexibility index (Phi) is 5.37. The van der Waals surface area contributed by atoms with E-state index in [1.54, 1.807) is 0 Å². The molecule has 106 valence electrons. The first-order valence-corrected chi connectivity index (χ1v) is 7.25. The van der Waals surface area contributed by atoms with E-state index < -0.39 is 0 Å². The van der Waals surface area contributed by atoms with Crippen molar-refractivity contribution in [1.82, 2.24) is 4.90 Å². The van der Waals surface area contributed by atoms with E-state index >= 15 is 0 Å². The molecule has 1 aliphatic heterocycles. The fraction of sp³-hybridized carbons (Fsp3) is 0.625. The van der Waals surface area contributed by atoms with Crippen LogP contribution in [0.3, 0.4) is 0 Å². The molecule has 0 amide bonds. The summed E-state index contributed by atoms with van der Waals surface area (Å²) in [6, 6.07) is 8.99. The molecule has 0 radical (unpaired) electrons. The van der Waals surface area contributed by atoms with Gasteiger partial charge in [-0.2, -0.15) is 0 Å². The van der Waals surface area contributed by atoms with E-state index in [4.69, 9.17) is 10.5 Å². The average molecular weight is 262 g/mol. The SMILES string of the molecule is Cc1ccccc1CN(C)C(CN)C1CCCOC1. The third-order valence-electron chi connectivity index (χ3n) is 4.23. The van der Waals surface area contributed by atoms with Gasteiger partial charge in [0.1, 0.15) is 0 Å². The quantitative estimate of drug-likeness (QED) is 0.884. The van der Waals surface area contributed by atoms with Gasteiger partial charge in [-0.05, 0) is 43.9 Å². The third kappa shape index (κ3) is 3.78. The van der Waals surface area contributed by atoms with E-state index in [1.807, 2.05) is 0 Å². The lowest BCUT2D eigenvalue weighted by molar-refractivity contribution is 0.0156. The largest absolute Gasteiger partial charge is 0.381 e. The summed E-state index contributed by atoms with van der Waals surface area (Å²) in [4.78, 5) is 2.39. The molecule has 0 bridgehead atoms. The number of ether oxygens (including phenoxy) is 1. The molecule has 1 aliphatic rings. The molecule has 0 aromatic heterocycles. The van der Waals surface area contributed by atoms with E-state index in [2.05, 4.69) is 43.1 Å². The molecule has 1 fully saturated rings. The Bertz CT molecular complexity index is 388. The zero-order valence-electron chi connectivity index (χ0n) is 12.1. The second-order valence-electron chi connectivity index (χ2n) is 5.62. The fourth-order valence-electron chi connectivity index (χ4n) is 2.97. The molecule has 3 heteroatoms. The van der Waals surface area contributed by atoms with Crippen LogP contribution in [0.25, 0.3) is 0 Å². The first kappa shape index (κ1) is 14.5. The van der Waals surface area contributed by atoms with Crippen LogP contribution in [0.15, 0.2) is 24.3 Å². The molecule has 1 aromatic rings. The van der Waals surface area contributed by atoms with Crippen molar-refractivity contribution in [2.45, 2.75) is 32.4 Å². The van der Waals surface area contributed by atoms with E-state index in [9.17, 15) is 0 Å². The molecule has 0 spiro atoms. The van der Waals surface area contributed by atoms with Crippen LogP contribution in [0.5, 0.6) is 0 Å². The van der Waals surface area contributed by atoms with Crippen LogP contribution in [0.2, 0.25) is 0 Å². The van der Waals surface area contributed by atoms with Gasteiger partial charge in [-0.15, -0.1) is 0 Å². The molecule has 0 saturated carbocycles. The third-order valence-corrected chi connectivity index (χ3v) is 4.23. The van der Waals surface area contributed by atoms with Gasteiger partial charge in [0.05, 0.1) is 6.61 Å². The Labute approximate surface area is 116 Å². The lowest BCUT2D eigenvalue weighted by Crippen LogP contribution is -2.45. The molecule has 1 heterocycles. The number of nitrogens with two attached hydrogens (primary N) is 1. The second-order valence-corrected chi connectivity index (χ2v) is 5.62. The highest BCUT2D eigenvalue weighted by molar-refractivity contribution is 5.25. The predicted octanol–water partition coefficient (Wildman–Crippen LogP) is 2.18. The lowest BCUT2D eigenvalue weighted by atomic mass is 9.92. The maximum Gasteiger partial charge on any atom is 0.0509 e. The molecule has 2 unspecified atom stereocenters. The summed E-state index contributed by atoms with van der Waals surface area (Å²) in [6.07, 6.45) is 2.40. The van der Waals surface area contributed by atoms with Crippen LogP contribution in [0, 0.1) is 12.8 Å². The summed E-state index contributed by atoms with van der Waals surface area (Å²) in [5.41, 5.74) is 8.74. The van der Waals surface area contributed by atoms with E-state index in [0.29, 0.717) is 18.5 Å². The van der Waals surface area contributed by atoms with Crippen LogP contribution in [-0.4, -0.2) is 37.7 Å². The Balaban J connectivity index is 2.00. The van der Waals surface area contributed by atoms with Crippen molar-refractivity contribution in [2.75, 3.05) is 26.8 Å². The molecule has 2 atom stereocenters. The zero-order valence-corrected chi connectivity index (χ0v) is 12.1. The van der Waals surface area contributed by atoms with Crippen LogP contribution < -0.4 is 5.73 Å². The predicted molar refractivity (Wildman–Crippen MR) is 79.0 cm³/mol. The highest BCUT2D eigenvalue weighted by Crippen LogP contribution is 2.22. The van der Waals surface area contributed by atoms with Crippen LogP contribution in [0.1, 0.15) is 24.0 Å². The molecule has 3 nitrogen and oxygen atoms in total. The summed E-state index contributed by atoms with van der Waals surface area (Å²) in [6.45, 7) is 5.61.